The van der Waals surface area contributed by atoms with Crippen LogP contribution in [0, 0.1) is 0 Å². The van der Waals surface area contributed by atoms with Gasteiger partial charge in [0.15, 0.2) is 0 Å². The zero-order valence-corrected chi connectivity index (χ0v) is 8.79. The van der Waals surface area contributed by atoms with Crippen molar-refractivity contribution in [2.45, 2.75) is 18.9 Å². The molecule has 1 fully saturated rings. The van der Waals surface area contributed by atoms with Crippen LogP contribution in [0.2, 0.25) is 0 Å². The Morgan fingerprint density at radius 2 is 2.00 bits per heavy atom. The molecule has 0 atom stereocenters. The molecule has 1 aromatic carbocycles. The van der Waals surface area contributed by atoms with Gasteiger partial charge in [-0.25, -0.2) is 0 Å². The molecule has 0 saturated heterocycles. The van der Waals surface area contributed by atoms with Crippen LogP contribution in [0.4, 0.5) is 0 Å². The van der Waals surface area contributed by atoms with Gasteiger partial charge in [0.05, 0.1) is 4.60 Å². The second-order valence-corrected chi connectivity index (χ2v) is 4.44. The Morgan fingerprint density at radius 1 is 1.23 bits per heavy atom. The molecule has 1 saturated carbocycles. The molecule has 1 nitrogen and oxygen atoms in total. The first-order valence-corrected chi connectivity index (χ1v) is 5.41. The van der Waals surface area contributed by atoms with Gasteiger partial charge in [0.1, 0.15) is 0 Å². The maximum absolute atomic E-state index is 3.61. The summed E-state index contributed by atoms with van der Waals surface area (Å²) in [5, 5.41) is 1.33. The average Bonchev–Trinajstić information content (AvgIpc) is 2.88. The van der Waals surface area contributed by atoms with Crippen LogP contribution in [0.1, 0.15) is 18.9 Å². The summed E-state index contributed by atoms with van der Waals surface area (Å²) in [6.45, 7) is 0. The Kier molecular flexibility index (Phi) is 1.53. The molecule has 0 radical (unpaired) electrons. The van der Waals surface area contributed by atoms with Crippen LogP contribution in [-0.4, -0.2) is 4.57 Å². The number of halogens is 1. The van der Waals surface area contributed by atoms with Crippen molar-refractivity contribution in [2.75, 3.05) is 0 Å². The van der Waals surface area contributed by atoms with Gasteiger partial charge in [-0.2, -0.15) is 0 Å². The molecule has 0 N–H and O–H groups in total. The Bertz CT molecular complexity index is 454. The van der Waals surface area contributed by atoms with E-state index in [9.17, 15) is 0 Å². The predicted molar refractivity (Wildman–Crippen MR) is 57.9 cm³/mol. The van der Waals surface area contributed by atoms with E-state index in [1.54, 1.807) is 0 Å². The minimum Gasteiger partial charge on any atom is -0.332 e. The van der Waals surface area contributed by atoms with E-state index in [0.29, 0.717) is 0 Å². The highest BCUT2D eigenvalue weighted by Gasteiger charge is 2.26. The number of rotatable bonds is 1. The Morgan fingerprint density at radius 3 is 2.77 bits per heavy atom. The summed E-state index contributed by atoms with van der Waals surface area (Å²) in [4.78, 5) is 0. The first kappa shape index (κ1) is 7.63. The molecule has 3 rings (SSSR count). The third-order valence-corrected chi connectivity index (χ3v) is 3.22. The molecule has 66 valence electrons. The third-order valence-electron chi connectivity index (χ3n) is 2.61. The summed E-state index contributed by atoms with van der Waals surface area (Å²) in [6, 6.07) is 11.5. The normalized spacial score (nSPS) is 16.7. The molecule has 1 aliphatic carbocycles. The van der Waals surface area contributed by atoms with Gasteiger partial charge in [0, 0.05) is 16.9 Å². The van der Waals surface area contributed by atoms with Crippen LogP contribution in [-0.2, 0) is 0 Å². The molecular formula is C11H10BrN. The van der Waals surface area contributed by atoms with Crippen LogP contribution in [0.25, 0.3) is 10.9 Å². The predicted octanol–water partition coefficient (Wildman–Crippen LogP) is 3.74. The van der Waals surface area contributed by atoms with Crippen molar-refractivity contribution in [3.63, 3.8) is 0 Å². The summed E-state index contributed by atoms with van der Waals surface area (Å²) in [5.41, 5.74) is 1.36. The fourth-order valence-electron chi connectivity index (χ4n) is 1.85. The fraction of sp³-hybridized carbons (Fsp3) is 0.273. The summed E-state index contributed by atoms with van der Waals surface area (Å²) in [6.07, 6.45) is 2.66. The summed E-state index contributed by atoms with van der Waals surface area (Å²) in [5.74, 6) is 0. The van der Waals surface area contributed by atoms with Crippen LogP contribution in [0.15, 0.2) is 34.9 Å². The van der Waals surface area contributed by atoms with Crippen LogP contribution < -0.4 is 0 Å². The lowest BCUT2D eigenvalue weighted by Crippen LogP contribution is -1.92. The molecule has 0 spiro atoms. The van der Waals surface area contributed by atoms with Crippen molar-refractivity contribution in [1.29, 1.82) is 0 Å². The molecule has 0 aliphatic heterocycles. The molecule has 13 heavy (non-hydrogen) atoms. The van der Waals surface area contributed by atoms with Gasteiger partial charge in [-0.1, -0.05) is 18.2 Å². The average molecular weight is 236 g/mol. The quantitative estimate of drug-likeness (QED) is 0.710. The van der Waals surface area contributed by atoms with Gasteiger partial charge < -0.3 is 4.57 Å². The zero-order valence-electron chi connectivity index (χ0n) is 7.20. The number of aromatic nitrogens is 1. The van der Waals surface area contributed by atoms with Crippen LogP contribution in [0.3, 0.4) is 0 Å². The smallest absolute Gasteiger partial charge is 0.0860 e. The van der Waals surface area contributed by atoms with Crippen molar-refractivity contribution in [1.82, 2.24) is 4.57 Å². The zero-order chi connectivity index (χ0) is 8.84. The second kappa shape index (κ2) is 2.61. The lowest BCUT2D eigenvalue weighted by molar-refractivity contribution is 0.758. The molecule has 2 heteroatoms. The molecule has 0 bridgehead atoms. The highest BCUT2D eigenvalue weighted by molar-refractivity contribution is 9.10. The fourth-order valence-corrected chi connectivity index (χ4v) is 2.57. The number of nitrogens with zero attached hydrogens (tertiary/aromatic N) is 1. The molecule has 0 unspecified atom stereocenters. The maximum Gasteiger partial charge on any atom is 0.0860 e. The van der Waals surface area contributed by atoms with E-state index in [4.69, 9.17) is 0 Å². The monoisotopic (exact) mass is 235 g/mol. The molecule has 1 aliphatic rings. The van der Waals surface area contributed by atoms with Gasteiger partial charge in [-0.05, 0) is 40.9 Å². The summed E-state index contributed by atoms with van der Waals surface area (Å²) < 4.78 is 3.62. The van der Waals surface area contributed by atoms with E-state index >= 15 is 0 Å². The number of fused-ring (bicyclic) bond motifs is 1. The van der Waals surface area contributed by atoms with Crippen molar-refractivity contribution >= 4 is 26.8 Å². The SMILES string of the molecule is Brc1cc2ccccc2n1C1CC1. The topological polar surface area (TPSA) is 4.93 Å². The minimum absolute atomic E-state index is 0.745. The van der Waals surface area contributed by atoms with Crippen molar-refractivity contribution < 1.29 is 0 Å². The Balaban J connectivity index is 2.35. The standard InChI is InChI=1S/C11H10BrN/c12-11-7-8-3-1-2-4-10(8)13(11)9-5-6-9/h1-4,7,9H,5-6H2. The van der Waals surface area contributed by atoms with Crippen molar-refractivity contribution in [2.24, 2.45) is 0 Å². The first-order chi connectivity index (χ1) is 6.36. The highest BCUT2D eigenvalue weighted by Crippen LogP contribution is 2.40. The van der Waals surface area contributed by atoms with Gasteiger partial charge in [0.2, 0.25) is 0 Å². The molecule has 1 heterocycles. The van der Waals surface area contributed by atoms with E-state index in [2.05, 4.69) is 50.8 Å². The number of benzene rings is 1. The largest absolute Gasteiger partial charge is 0.332 e. The maximum atomic E-state index is 3.61. The van der Waals surface area contributed by atoms with E-state index in [-0.39, 0.29) is 0 Å². The van der Waals surface area contributed by atoms with Crippen LogP contribution in [0.5, 0.6) is 0 Å². The van der Waals surface area contributed by atoms with E-state index in [1.165, 1.54) is 28.3 Å². The van der Waals surface area contributed by atoms with E-state index < -0.39 is 0 Å². The third kappa shape index (κ3) is 1.12. The number of para-hydroxylation sites is 1. The Hall–Kier alpha value is -0.760. The first-order valence-electron chi connectivity index (χ1n) is 4.62. The lowest BCUT2D eigenvalue weighted by atomic mass is 10.2. The minimum atomic E-state index is 0.745. The van der Waals surface area contributed by atoms with E-state index in [1.807, 2.05) is 0 Å². The van der Waals surface area contributed by atoms with Crippen LogP contribution >= 0.6 is 15.9 Å². The van der Waals surface area contributed by atoms with E-state index in [0.717, 1.165) is 6.04 Å². The van der Waals surface area contributed by atoms with Gasteiger partial charge in [0.25, 0.3) is 0 Å². The number of hydrogen-bond acceptors (Lipinski definition) is 0. The second-order valence-electron chi connectivity index (χ2n) is 3.63. The van der Waals surface area contributed by atoms with Gasteiger partial charge >= 0.3 is 0 Å². The van der Waals surface area contributed by atoms with Crippen molar-refractivity contribution in [3.05, 3.63) is 34.9 Å². The Labute approximate surface area is 85.5 Å². The van der Waals surface area contributed by atoms with Crippen molar-refractivity contribution in [3.8, 4) is 0 Å². The highest BCUT2D eigenvalue weighted by atomic mass is 79.9. The summed E-state index contributed by atoms with van der Waals surface area (Å²) >= 11 is 3.61. The molecule has 2 aromatic rings. The van der Waals surface area contributed by atoms with Gasteiger partial charge in [-0.3, -0.25) is 0 Å². The molecule has 0 amide bonds. The lowest BCUT2D eigenvalue weighted by Gasteiger charge is -2.03. The van der Waals surface area contributed by atoms with Gasteiger partial charge in [-0.15, -0.1) is 0 Å². The summed E-state index contributed by atoms with van der Waals surface area (Å²) in [7, 11) is 0. The molecule has 1 aromatic heterocycles. The molecular weight excluding hydrogens is 226 g/mol. The number of hydrogen-bond donors (Lipinski definition) is 0.